The number of nitrogens with one attached hydrogen (secondary N) is 2. The van der Waals surface area contributed by atoms with E-state index in [0.717, 1.165) is 25.9 Å². The van der Waals surface area contributed by atoms with Gasteiger partial charge in [0.05, 0.1) is 11.1 Å². The molecule has 33 heavy (non-hydrogen) atoms. The van der Waals surface area contributed by atoms with Gasteiger partial charge in [0, 0.05) is 45.3 Å². The molecule has 0 spiro atoms. The normalized spacial score (nSPS) is 20.9. The van der Waals surface area contributed by atoms with Crippen LogP contribution in [0.15, 0.2) is 59.6 Å². The Hall–Kier alpha value is -2.46. The van der Waals surface area contributed by atoms with Crippen LogP contribution in [-0.4, -0.2) is 66.3 Å². The molecule has 2 N–H and O–H groups in total. The number of nitrogens with zero attached hydrogens (tertiary/aromatic N) is 3. The highest BCUT2D eigenvalue weighted by Gasteiger charge is 2.34. The molecule has 2 aliphatic heterocycles. The highest BCUT2D eigenvalue weighted by molar-refractivity contribution is 14.0. The summed E-state index contributed by atoms with van der Waals surface area (Å²) in [6.07, 6.45) is 2.07. The van der Waals surface area contributed by atoms with Gasteiger partial charge in [-0.2, -0.15) is 0 Å². The Morgan fingerprint density at radius 2 is 1.67 bits per heavy atom. The summed E-state index contributed by atoms with van der Waals surface area (Å²) < 4.78 is 0. The molecule has 1 fully saturated rings. The first-order chi connectivity index (χ1) is 15.6. The monoisotopic (exact) mass is 561 g/mol. The molecule has 0 aromatic heterocycles. The number of aliphatic imine (C=N–C) groups is 1. The second-order valence-electron chi connectivity index (χ2n) is 8.48. The summed E-state index contributed by atoms with van der Waals surface area (Å²) in [4.78, 5) is 33.1. The van der Waals surface area contributed by atoms with Crippen molar-refractivity contribution in [1.82, 2.24) is 20.4 Å². The van der Waals surface area contributed by atoms with Crippen LogP contribution in [0.2, 0.25) is 0 Å². The summed E-state index contributed by atoms with van der Waals surface area (Å²) in [5.74, 6) is 0.250. The molecule has 2 heterocycles. The van der Waals surface area contributed by atoms with E-state index in [9.17, 15) is 9.59 Å². The van der Waals surface area contributed by atoms with Crippen LogP contribution in [0.1, 0.15) is 46.0 Å². The van der Waals surface area contributed by atoms with Crippen LogP contribution < -0.4 is 10.6 Å². The van der Waals surface area contributed by atoms with Crippen molar-refractivity contribution < 1.29 is 9.59 Å². The van der Waals surface area contributed by atoms with Crippen molar-refractivity contribution in [3.63, 3.8) is 0 Å². The average molecular weight is 561 g/mol. The molecule has 2 aromatic rings. The predicted octanol–water partition coefficient (Wildman–Crippen LogP) is 3.12. The maximum Gasteiger partial charge on any atom is 0.261 e. The number of hydrogen-bond donors (Lipinski definition) is 2. The molecular weight excluding hydrogens is 529 g/mol. The first-order valence-corrected chi connectivity index (χ1v) is 11.3. The van der Waals surface area contributed by atoms with E-state index in [1.165, 1.54) is 10.5 Å². The van der Waals surface area contributed by atoms with E-state index in [4.69, 9.17) is 0 Å². The van der Waals surface area contributed by atoms with E-state index < -0.39 is 0 Å². The second-order valence-corrected chi connectivity index (χ2v) is 8.48. The molecule has 0 aliphatic carbocycles. The van der Waals surface area contributed by atoms with Gasteiger partial charge >= 0.3 is 0 Å². The Balaban J connectivity index is 0.00000306. The van der Waals surface area contributed by atoms with Crippen LogP contribution >= 0.6 is 24.0 Å². The molecule has 1 saturated heterocycles. The number of amides is 2. The number of fused-ring (bicyclic) bond motifs is 1. The summed E-state index contributed by atoms with van der Waals surface area (Å²) in [6.45, 7) is 5.03. The number of rotatable bonds is 6. The third kappa shape index (κ3) is 5.92. The van der Waals surface area contributed by atoms with Crippen LogP contribution in [0.25, 0.3) is 0 Å². The van der Waals surface area contributed by atoms with Crippen molar-refractivity contribution in [1.29, 1.82) is 0 Å². The van der Waals surface area contributed by atoms with Crippen LogP contribution in [0.3, 0.4) is 0 Å². The van der Waals surface area contributed by atoms with Gasteiger partial charge in [-0.05, 0) is 37.5 Å². The van der Waals surface area contributed by atoms with E-state index in [2.05, 4.69) is 57.8 Å². The maximum atomic E-state index is 12.5. The Morgan fingerprint density at radius 1 is 1.03 bits per heavy atom. The molecule has 2 aliphatic rings. The number of benzene rings is 2. The minimum absolute atomic E-state index is 0. The SMILES string of the molecule is CN=C(NCCN1C(=O)c2ccccc2C1=O)NC1CCN(Cc2ccccc2)C(C)C1.I. The molecule has 2 unspecified atom stereocenters. The number of carbonyl (C=O) groups is 2. The summed E-state index contributed by atoms with van der Waals surface area (Å²) in [5, 5.41) is 6.77. The summed E-state index contributed by atoms with van der Waals surface area (Å²) in [6, 6.07) is 18.4. The first-order valence-electron chi connectivity index (χ1n) is 11.3. The van der Waals surface area contributed by atoms with Crippen molar-refractivity contribution in [2.75, 3.05) is 26.7 Å². The zero-order valence-corrected chi connectivity index (χ0v) is 21.5. The quantitative estimate of drug-likeness (QED) is 0.246. The van der Waals surface area contributed by atoms with Crippen molar-refractivity contribution >= 4 is 41.8 Å². The van der Waals surface area contributed by atoms with Crippen LogP contribution in [0.4, 0.5) is 0 Å². The molecule has 2 atom stereocenters. The van der Waals surface area contributed by atoms with Gasteiger partial charge in [0.2, 0.25) is 0 Å². The third-order valence-electron chi connectivity index (χ3n) is 6.31. The molecule has 2 aromatic carbocycles. The summed E-state index contributed by atoms with van der Waals surface area (Å²) in [7, 11) is 1.74. The summed E-state index contributed by atoms with van der Waals surface area (Å²) in [5.41, 5.74) is 2.31. The highest BCUT2D eigenvalue weighted by Crippen LogP contribution is 2.22. The third-order valence-corrected chi connectivity index (χ3v) is 6.31. The second kappa shape index (κ2) is 11.6. The first kappa shape index (κ1) is 25.2. The molecular formula is C25H32IN5O2. The van der Waals surface area contributed by atoms with Crippen LogP contribution in [0, 0.1) is 0 Å². The number of imide groups is 1. The van der Waals surface area contributed by atoms with Crippen molar-refractivity contribution in [2.24, 2.45) is 4.99 Å². The van der Waals surface area contributed by atoms with Gasteiger partial charge in [0.15, 0.2) is 5.96 Å². The zero-order valence-electron chi connectivity index (χ0n) is 19.2. The molecule has 176 valence electrons. The fourth-order valence-corrected chi connectivity index (χ4v) is 4.52. The average Bonchev–Trinajstić information content (AvgIpc) is 3.06. The molecule has 8 heteroatoms. The lowest BCUT2D eigenvalue weighted by Crippen LogP contribution is -2.52. The van der Waals surface area contributed by atoms with Crippen LogP contribution in [0.5, 0.6) is 0 Å². The zero-order chi connectivity index (χ0) is 22.5. The fraction of sp³-hybridized carbons (Fsp3) is 0.400. The molecule has 2 amide bonds. The van der Waals surface area contributed by atoms with E-state index in [1.54, 1.807) is 31.3 Å². The van der Waals surface area contributed by atoms with Gasteiger partial charge in [-0.25, -0.2) is 0 Å². The van der Waals surface area contributed by atoms with Gasteiger partial charge in [-0.1, -0.05) is 42.5 Å². The standard InChI is InChI=1S/C25H31N5O2.HI/c1-18-16-20(12-14-29(18)17-19-8-4-3-5-9-19)28-25(26-2)27-13-15-30-23(31)21-10-6-7-11-22(21)24(30)32;/h3-11,18,20H,12-17H2,1-2H3,(H2,26,27,28);1H. The minimum atomic E-state index is -0.227. The fourth-order valence-electron chi connectivity index (χ4n) is 4.52. The Kier molecular flexibility index (Phi) is 8.85. The molecule has 0 saturated carbocycles. The highest BCUT2D eigenvalue weighted by atomic mass is 127. The number of likely N-dealkylation sites (tertiary alicyclic amines) is 1. The summed E-state index contributed by atoms with van der Waals surface area (Å²) >= 11 is 0. The lowest BCUT2D eigenvalue weighted by Gasteiger charge is -2.38. The van der Waals surface area contributed by atoms with Crippen molar-refractivity contribution in [2.45, 2.75) is 38.4 Å². The Bertz CT molecular complexity index is 962. The van der Waals surface area contributed by atoms with E-state index >= 15 is 0 Å². The number of halogens is 1. The van der Waals surface area contributed by atoms with Gasteiger partial charge in [0.25, 0.3) is 11.8 Å². The number of carbonyl (C=O) groups excluding carboxylic acids is 2. The molecule has 0 radical (unpaired) electrons. The smallest absolute Gasteiger partial charge is 0.261 e. The van der Waals surface area contributed by atoms with Crippen LogP contribution in [-0.2, 0) is 6.54 Å². The van der Waals surface area contributed by atoms with E-state index in [1.807, 2.05) is 0 Å². The Labute approximate surface area is 212 Å². The van der Waals surface area contributed by atoms with Crippen molar-refractivity contribution in [3.05, 3.63) is 71.3 Å². The maximum absolute atomic E-state index is 12.5. The molecule has 0 bridgehead atoms. The lowest BCUT2D eigenvalue weighted by molar-refractivity contribution is 0.0657. The lowest BCUT2D eigenvalue weighted by atomic mass is 9.97. The van der Waals surface area contributed by atoms with Gasteiger partial charge in [-0.15, -0.1) is 24.0 Å². The topological polar surface area (TPSA) is 77.0 Å². The molecule has 4 rings (SSSR count). The van der Waals surface area contributed by atoms with E-state index in [0.29, 0.717) is 42.3 Å². The largest absolute Gasteiger partial charge is 0.355 e. The Morgan fingerprint density at radius 3 is 2.27 bits per heavy atom. The predicted molar refractivity (Wildman–Crippen MR) is 141 cm³/mol. The molecule has 7 nitrogen and oxygen atoms in total. The van der Waals surface area contributed by atoms with E-state index in [-0.39, 0.29) is 35.8 Å². The number of guanidine groups is 1. The van der Waals surface area contributed by atoms with Gasteiger partial charge in [0.1, 0.15) is 0 Å². The minimum Gasteiger partial charge on any atom is -0.355 e. The van der Waals surface area contributed by atoms with Crippen molar-refractivity contribution in [3.8, 4) is 0 Å². The van der Waals surface area contributed by atoms with Gasteiger partial charge < -0.3 is 10.6 Å². The number of piperidine rings is 1. The number of hydrogen-bond acceptors (Lipinski definition) is 4. The van der Waals surface area contributed by atoms with Gasteiger partial charge in [-0.3, -0.25) is 24.4 Å².